The summed E-state index contributed by atoms with van der Waals surface area (Å²) in [5.74, 6) is 0. The Hall–Kier alpha value is 0.700. The summed E-state index contributed by atoms with van der Waals surface area (Å²) < 4.78 is 21.8. The summed E-state index contributed by atoms with van der Waals surface area (Å²) in [5, 5.41) is 0. The molecule has 1 saturated heterocycles. The average molecular weight is 296 g/mol. The Labute approximate surface area is 114 Å². The highest BCUT2D eigenvalue weighted by Crippen LogP contribution is 2.16. The molecule has 0 bridgehead atoms. The number of hydrogen-bond donors (Lipinski definition) is 0. The largest absolute Gasteiger partial charge is 0.379 e. The molecule has 2 atom stereocenters. The minimum Gasteiger partial charge on any atom is -0.379 e. The van der Waals surface area contributed by atoms with Crippen molar-refractivity contribution in [2.24, 2.45) is 0 Å². The first-order valence-electron chi connectivity index (χ1n) is 6.72. The van der Waals surface area contributed by atoms with Crippen molar-refractivity contribution in [3.63, 3.8) is 0 Å². The monoisotopic (exact) mass is 296 g/mol. The van der Waals surface area contributed by atoms with Crippen LogP contribution in [0, 0.1) is 0 Å². The molecule has 0 N–H and O–H groups in total. The molecule has 0 saturated carbocycles. The van der Waals surface area contributed by atoms with Crippen molar-refractivity contribution in [1.29, 1.82) is 0 Å². The molecule has 0 radical (unpaired) electrons. The van der Waals surface area contributed by atoms with Gasteiger partial charge in [0.1, 0.15) is 0 Å². The van der Waals surface area contributed by atoms with Gasteiger partial charge in [-0.3, -0.25) is 0 Å². The maximum absolute atomic E-state index is 5.50. The SMILES string of the molecule is C1COCCOCCPCCPCCOCCO1. The summed E-state index contributed by atoms with van der Waals surface area (Å²) in [6, 6.07) is 0. The van der Waals surface area contributed by atoms with Crippen molar-refractivity contribution in [1.82, 2.24) is 0 Å². The van der Waals surface area contributed by atoms with E-state index < -0.39 is 0 Å². The van der Waals surface area contributed by atoms with E-state index in [4.69, 9.17) is 18.9 Å². The highest BCUT2D eigenvalue weighted by molar-refractivity contribution is 7.42. The van der Waals surface area contributed by atoms with Crippen LogP contribution in [0.25, 0.3) is 0 Å². The van der Waals surface area contributed by atoms with Gasteiger partial charge < -0.3 is 18.9 Å². The molecule has 1 fully saturated rings. The van der Waals surface area contributed by atoms with Crippen LogP contribution in [0.4, 0.5) is 0 Å². The van der Waals surface area contributed by atoms with Crippen molar-refractivity contribution in [2.45, 2.75) is 0 Å². The maximum Gasteiger partial charge on any atom is 0.0701 e. The van der Waals surface area contributed by atoms with Crippen LogP contribution in [0.1, 0.15) is 0 Å². The normalized spacial score (nSPS) is 26.7. The molecule has 2 unspecified atom stereocenters. The zero-order valence-corrected chi connectivity index (χ0v) is 13.1. The fourth-order valence-corrected chi connectivity index (χ4v) is 3.97. The summed E-state index contributed by atoms with van der Waals surface area (Å²) in [5.41, 5.74) is 0. The van der Waals surface area contributed by atoms with E-state index in [0.717, 1.165) is 30.4 Å². The Morgan fingerprint density at radius 1 is 0.389 bits per heavy atom. The van der Waals surface area contributed by atoms with Gasteiger partial charge in [0.2, 0.25) is 0 Å². The van der Waals surface area contributed by atoms with Gasteiger partial charge in [0, 0.05) is 0 Å². The van der Waals surface area contributed by atoms with Crippen molar-refractivity contribution < 1.29 is 18.9 Å². The Morgan fingerprint density at radius 2 is 0.722 bits per heavy atom. The molecule has 1 rings (SSSR count). The Morgan fingerprint density at radius 3 is 1.11 bits per heavy atom. The fraction of sp³-hybridized carbons (Fsp3) is 1.00. The molecule has 0 aromatic heterocycles. The second-order valence-electron chi connectivity index (χ2n) is 3.95. The second kappa shape index (κ2) is 14.1. The van der Waals surface area contributed by atoms with Gasteiger partial charge >= 0.3 is 0 Å². The lowest BCUT2D eigenvalue weighted by atomic mass is 10.7. The average Bonchev–Trinajstić information content (AvgIpc) is 2.39. The molecule has 108 valence electrons. The lowest BCUT2D eigenvalue weighted by Gasteiger charge is -2.08. The fourth-order valence-electron chi connectivity index (χ4n) is 1.48. The van der Waals surface area contributed by atoms with Crippen LogP contribution in [0.3, 0.4) is 0 Å². The lowest BCUT2D eigenvalue weighted by molar-refractivity contribution is 0.00138. The van der Waals surface area contributed by atoms with Gasteiger partial charge in [0.05, 0.1) is 52.9 Å². The summed E-state index contributed by atoms with van der Waals surface area (Å²) in [6.45, 7) is 5.80. The Bertz CT molecular complexity index is 97.1. The maximum atomic E-state index is 5.50. The molecule has 1 heterocycles. The minimum atomic E-state index is 0.645. The van der Waals surface area contributed by atoms with Crippen LogP contribution in [0.5, 0.6) is 0 Å². The third-order valence-electron chi connectivity index (χ3n) is 2.44. The van der Waals surface area contributed by atoms with Crippen molar-refractivity contribution in [2.75, 3.05) is 77.5 Å². The summed E-state index contributed by atoms with van der Waals surface area (Å²) >= 11 is 0. The molecule has 4 nitrogen and oxygen atoms in total. The van der Waals surface area contributed by atoms with Gasteiger partial charge in [-0.15, -0.1) is 17.2 Å². The standard InChI is InChI=1S/C12H26O4P2/c1-2-14-4-6-16-8-10-18-12-11-17-9-7-15-5-3-13-1/h17-18H,1-12H2. The molecule has 0 aliphatic carbocycles. The van der Waals surface area contributed by atoms with E-state index in [1.54, 1.807) is 0 Å². The van der Waals surface area contributed by atoms with E-state index in [9.17, 15) is 0 Å². The first-order valence-corrected chi connectivity index (χ1v) is 9.55. The van der Waals surface area contributed by atoms with Crippen LogP contribution < -0.4 is 0 Å². The van der Waals surface area contributed by atoms with E-state index in [2.05, 4.69) is 0 Å². The van der Waals surface area contributed by atoms with Crippen LogP contribution in [0.2, 0.25) is 0 Å². The van der Waals surface area contributed by atoms with E-state index in [1.807, 2.05) is 0 Å². The molecule has 0 spiro atoms. The molecular formula is C12H26O4P2. The van der Waals surface area contributed by atoms with Gasteiger partial charge in [-0.1, -0.05) is 0 Å². The smallest absolute Gasteiger partial charge is 0.0701 e. The predicted molar refractivity (Wildman–Crippen MR) is 79.4 cm³/mol. The van der Waals surface area contributed by atoms with Gasteiger partial charge in [-0.25, -0.2) is 0 Å². The topological polar surface area (TPSA) is 36.9 Å². The van der Waals surface area contributed by atoms with E-state index in [1.165, 1.54) is 24.6 Å². The number of hydrogen-bond acceptors (Lipinski definition) is 4. The van der Waals surface area contributed by atoms with Crippen LogP contribution >= 0.6 is 17.2 Å². The van der Waals surface area contributed by atoms with Crippen molar-refractivity contribution in [3.8, 4) is 0 Å². The summed E-state index contributed by atoms with van der Waals surface area (Å²) in [7, 11) is 2.10. The molecule has 6 heteroatoms. The predicted octanol–water partition coefficient (Wildman–Crippen LogP) is 1.42. The van der Waals surface area contributed by atoms with Gasteiger partial charge in [0.25, 0.3) is 0 Å². The Balaban J connectivity index is 2.00. The third kappa shape index (κ3) is 11.8. The zero-order valence-electron chi connectivity index (χ0n) is 11.1. The number of ether oxygens (including phenoxy) is 4. The Kier molecular flexibility index (Phi) is 13.1. The van der Waals surface area contributed by atoms with Gasteiger partial charge in [-0.2, -0.15) is 0 Å². The van der Waals surface area contributed by atoms with Crippen LogP contribution in [-0.2, 0) is 18.9 Å². The highest BCUT2D eigenvalue weighted by Gasteiger charge is 1.95. The third-order valence-corrected chi connectivity index (χ3v) is 5.26. The highest BCUT2D eigenvalue weighted by atomic mass is 31.1. The van der Waals surface area contributed by atoms with Crippen molar-refractivity contribution >= 4 is 17.2 Å². The first-order chi connectivity index (χ1) is 9.00. The van der Waals surface area contributed by atoms with Crippen LogP contribution in [0.15, 0.2) is 0 Å². The van der Waals surface area contributed by atoms with E-state index in [0.29, 0.717) is 39.6 Å². The van der Waals surface area contributed by atoms with Gasteiger partial charge in [0.15, 0.2) is 0 Å². The first kappa shape index (κ1) is 16.8. The van der Waals surface area contributed by atoms with E-state index >= 15 is 0 Å². The minimum absolute atomic E-state index is 0.645. The van der Waals surface area contributed by atoms with Crippen molar-refractivity contribution in [3.05, 3.63) is 0 Å². The molecule has 0 amide bonds. The summed E-state index contributed by atoms with van der Waals surface area (Å²) in [6.07, 6.45) is 5.09. The quantitative estimate of drug-likeness (QED) is 0.634. The molecule has 0 aromatic carbocycles. The van der Waals surface area contributed by atoms with E-state index in [-0.39, 0.29) is 0 Å². The molecule has 18 heavy (non-hydrogen) atoms. The molecule has 1 aliphatic heterocycles. The van der Waals surface area contributed by atoms with Gasteiger partial charge in [-0.05, 0) is 24.6 Å². The molecule has 1 aliphatic rings. The lowest BCUT2D eigenvalue weighted by Crippen LogP contribution is -2.13. The van der Waals surface area contributed by atoms with Crippen LogP contribution in [-0.4, -0.2) is 77.5 Å². The zero-order chi connectivity index (χ0) is 12.7. The number of rotatable bonds is 0. The summed E-state index contributed by atoms with van der Waals surface area (Å²) in [4.78, 5) is 0. The molecule has 0 aromatic rings. The molecular weight excluding hydrogens is 270 g/mol. The second-order valence-corrected chi connectivity index (χ2v) is 6.95.